The van der Waals surface area contributed by atoms with E-state index in [1.165, 1.54) is 6.42 Å². The predicted molar refractivity (Wildman–Crippen MR) is 42.3 cm³/mol. The van der Waals surface area contributed by atoms with E-state index in [2.05, 4.69) is 32.5 Å². The molecule has 0 bridgehead atoms. The quantitative estimate of drug-likeness (QED) is 0.557. The minimum atomic E-state index is 0.779. The van der Waals surface area contributed by atoms with Gasteiger partial charge in [-0.2, -0.15) is 0 Å². The number of unbranched alkanes of at least 4 members (excludes halogenated alkanes) is 1. The molecule has 0 saturated heterocycles. The monoisotopic (exact) mass is 128 g/mol. The van der Waals surface area contributed by atoms with Crippen LogP contribution in [0.1, 0.15) is 27.2 Å². The second kappa shape index (κ2) is 6.09. The van der Waals surface area contributed by atoms with Gasteiger partial charge >= 0.3 is 0 Å². The van der Waals surface area contributed by atoms with Gasteiger partial charge in [-0.3, -0.25) is 0 Å². The molecular weight excluding hydrogens is 110 g/mol. The molecule has 0 fully saturated rings. The highest BCUT2D eigenvalue weighted by Gasteiger charge is 1.90. The summed E-state index contributed by atoms with van der Waals surface area (Å²) in [4.78, 5) is 0. The fourth-order valence-electron chi connectivity index (χ4n) is 0.637. The minimum Gasteiger partial charge on any atom is -0.316 e. The molecule has 0 amide bonds. The molecule has 0 aliphatic carbocycles. The highest BCUT2D eigenvalue weighted by atomic mass is 14.8. The van der Waals surface area contributed by atoms with Gasteiger partial charge in [0.15, 0.2) is 0 Å². The van der Waals surface area contributed by atoms with Crippen LogP contribution in [0.5, 0.6) is 0 Å². The minimum absolute atomic E-state index is 0.779. The lowest BCUT2D eigenvalue weighted by Crippen LogP contribution is -2.20. The molecule has 0 heterocycles. The van der Waals surface area contributed by atoms with Crippen LogP contribution in [0.2, 0.25) is 0 Å². The van der Waals surface area contributed by atoms with Crippen molar-refractivity contribution < 1.29 is 0 Å². The Bertz CT molecular complexity index is 50.5. The summed E-state index contributed by atoms with van der Waals surface area (Å²) >= 11 is 0. The van der Waals surface area contributed by atoms with E-state index >= 15 is 0 Å². The zero-order chi connectivity index (χ0) is 7.11. The first-order chi connectivity index (χ1) is 4.27. The fraction of sp³-hybridized carbons (Fsp3) is 0.875. The molecule has 1 heteroatoms. The van der Waals surface area contributed by atoms with Crippen LogP contribution in [0, 0.1) is 12.3 Å². The first kappa shape index (κ1) is 8.96. The number of hydrogen-bond donors (Lipinski definition) is 1. The van der Waals surface area contributed by atoms with Crippen LogP contribution < -0.4 is 5.32 Å². The van der Waals surface area contributed by atoms with Crippen molar-refractivity contribution >= 4 is 0 Å². The fourth-order valence-corrected chi connectivity index (χ4v) is 0.637. The van der Waals surface area contributed by atoms with Crippen molar-refractivity contribution in [2.75, 3.05) is 13.1 Å². The van der Waals surface area contributed by atoms with E-state index in [-0.39, 0.29) is 0 Å². The molecule has 0 aliphatic heterocycles. The Kier molecular flexibility index (Phi) is 6.06. The molecule has 0 atom stereocenters. The van der Waals surface area contributed by atoms with Gasteiger partial charge in [0, 0.05) is 0 Å². The molecule has 1 radical (unpaired) electrons. The molecule has 55 valence electrons. The Morgan fingerprint density at radius 2 is 2.11 bits per heavy atom. The second-order valence-electron chi connectivity index (χ2n) is 2.79. The summed E-state index contributed by atoms with van der Waals surface area (Å²) in [5.74, 6) is 0.779. The van der Waals surface area contributed by atoms with E-state index in [1.54, 1.807) is 0 Å². The topological polar surface area (TPSA) is 12.0 Å². The number of nitrogens with one attached hydrogen (secondary N) is 1. The van der Waals surface area contributed by atoms with E-state index in [4.69, 9.17) is 0 Å². The van der Waals surface area contributed by atoms with Crippen molar-refractivity contribution in [2.45, 2.75) is 27.2 Å². The van der Waals surface area contributed by atoms with Crippen molar-refractivity contribution in [3.63, 3.8) is 0 Å². The maximum Gasteiger partial charge on any atom is -0.00258 e. The molecule has 0 aromatic carbocycles. The van der Waals surface area contributed by atoms with Gasteiger partial charge in [0.25, 0.3) is 0 Å². The number of rotatable bonds is 5. The molecule has 0 saturated carbocycles. The van der Waals surface area contributed by atoms with Gasteiger partial charge in [-0.15, -0.1) is 0 Å². The van der Waals surface area contributed by atoms with Crippen LogP contribution >= 0.6 is 0 Å². The lowest BCUT2D eigenvalue weighted by atomic mass is 10.2. The van der Waals surface area contributed by atoms with Crippen LogP contribution in [0.4, 0.5) is 0 Å². The summed E-state index contributed by atoms with van der Waals surface area (Å²) in [6, 6.07) is 0. The third-order valence-corrected chi connectivity index (χ3v) is 1.16. The van der Waals surface area contributed by atoms with Crippen LogP contribution in [0.15, 0.2) is 0 Å². The average Bonchev–Trinajstić information content (AvgIpc) is 1.80. The maximum atomic E-state index is 3.35. The third-order valence-electron chi connectivity index (χ3n) is 1.16. The van der Waals surface area contributed by atoms with E-state index in [1.807, 2.05) is 0 Å². The molecule has 0 unspecified atom stereocenters. The largest absolute Gasteiger partial charge is 0.316 e. The maximum absolute atomic E-state index is 3.35. The van der Waals surface area contributed by atoms with Crippen molar-refractivity contribution in [2.24, 2.45) is 5.92 Å². The smallest absolute Gasteiger partial charge is 0.00258 e. The summed E-state index contributed by atoms with van der Waals surface area (Å²) in [6.45, 7) is 8.82. The van der Waals surface area contributed by atoms with Gasteiger partial charge in [0.1, 0.15) is 0 Å². The van der Waals surface area contributed by atoms with Gasteiger partial charge < -0.3 is 5.32 Å². The van der Waals surface area contributed by atoms with Crippen LogP contribution in [-0.2, 0) is 0 Å². The molecule has 0 spiro atoms. The van der Waals surface area contributed by atoms with E-state index in [0.717, 1.165) is 19.0 Å². The van der Waals surface area contributed by atoms with Gasteiger partial charge in [-0.05, 0) is 31.8 Å². The van der Waals surface area contributed by atoms with Crippen molar-refractivity contribution in [3.8, 4) is 0 Å². The molecule has 1 nitrogen and oxygen atoms in total. The second-order valence-corrected chi connectivity index (χ2v) is 2.79. The standard InChI is InChI=1S/C8H18N/c1-4-5-6-9-7-8(2)3/h4,8-9H,5-7H2,1-3H3. The Morgan fingerprint density at radius 3 is 2.56 bits per heavy atom. The van der Waals surface area contributed by atoms with Gasteiger partial charge in [0.2, 0.25) is 0 Å². The number of hydrogen-bond acceptors (Lipinski definition) is 1. The summed E-state index contributed by atoms with van der Waals surface area (Å²) in [5.41, 5.74) is 0. The zero-order valence-corrected chi connectivity index (χ0v) is 6.78. The first-order valence-corrected chi connectivity index (χ1v) is 3.76. The average molecular weight is 128 g/mol. The third kappa shape index (κ3) is 7.96. The summed E-state index contributed by atoms with van der Waals surface area (Å²) in [5, 5.41) is 3.35. The zero-order valence-electron chi connectivity index (χ0n) is 6.78. The van der Waals surface area contributed by atoms with Crippen LogP contribution in [0.25, 0.3) is 0 Å². The Balaban J connectivity index is 2.75. The van der Waals surface area contributed by atoms with Crippen LogP contribution in [-0.4, -0.2) is 13.1 Å². The summed E-state index contributed by atoms with van der Waals surface area (Å²) < 4.78 is 0. The van der Waals surface area contributed by atoms with Crippen molar-refractivity contribution in [1.82, 2.24) is 5.32 Å². The Morgan fingerprint density at radius 1 is 1.44 bits per heavy atom. The van der Waals surface area contributed by atoms with Crippen molar-refractivity contribution in [1.29, 1.82) is 0 Å². The molecule has 0 rings (SSSR count). The predicted octanol–water partition coefficient (Wildman–Crippen LogP) is 1.85. The van der Waals surface area contributed by atoms with Gasteiger partial charge in [-0.1, -0.05) is 20.8 Å². The van der Waals surface area contributed by atoms with E-state index < -0.39 is 0 Å². The van der Waals surface area contributed by atoms with Gasteiger partial charge in [-0.25, -0.2) is 0 Å². The molecular formula is C8H18N. The molecule has 0 aromatic heterocycles. The lowest BCUT2D eigenvalue weighted by Gasteiger charge is -2.04. The Labute approximate surface area is 58.8 Å². The van der Waals surface area contributed by atoms with Crippen LogP contribution in [0.3, 0.4) is 0 Å². The molecule has 0 aromatic rings. The highest BCUT2D eigenvalue weighted by Crippen LogP contribution is 1.87. The van der Waals surface area contributed by atoms with Crippen molar-refractivity contribution in [3.05, 3.63) is 6.42 Å². The summed E-state index contributed by atoms with van der Waals surface area (Å²) in [7, 11) is 0. The highest BCUT2D eigenvalue weighted by molar-refractivity contribution is 4.58. The molecule has 0 aliphatic rings. The SMILES string of the molecule is C[CH]CCNCC(C)C. The molecule has 1 N–H and O–H groups in total. The van der Waals surface area contributed by atoms with E-state index in [9.17, 15) is 0 Å². The molecule has 9 heavy (non-hydrogen) atoms. The first-order valence-electron chi connectivity index (χ1n) is 3.76. The van der Waals surface area contributed by atoms with Gasteiger partial charge in [0.05, 0.1) is 0 Å². The summed E-state index contributed by atoms with van der Waals surface area (Å²) in [6.07, 6.45) is 3.38. The van der Waals surface area contributed by atoms with E-state index in [0.29, 0.717) is 0 Å². The Hall–Kier alpha value is -0.0400. The normalized spacial score (nSPS) is 10.7. The lowest BCUT2D eigenvalue weighted by molar-refractivity contribution is 0.553.